The first-order chi connectivity index (χ1) is 33.5. The second kappa shape index (κ2) is 56.0. The number of unbranched alkanes of at least 4 members (excludes halogenated alkanes) is 37. The first-order valence-corrected chi connectivity index (χ1v) is 30.2. The lowest BCUT2D eigenvalue weighted by Gasteiger charge is -2.24. The molecule has 0 bridgehead atoms. The average molecular weight is 957 g/mol. The molecule has 0 aromatic rings. The lowest BCUT2D eigenvalue weighted by Crippen LogP contribution is -2.46. The molecule has 3 N–H and O–H groups in total. The summed E-state index contributed by atoms with van der Waals surface area (Å²) in [7, 11) is 0. The largest absolute Gasteiger partial charge is 0.462 e. The second-order valence-electron chi connectivity index (χ2n) is 20.7. The Bertz CT molecular complexity index is 1120. The quantitative estimate of drug-likeness (QED) is 0.0321. The van der Waals surface area contributed by atoms with E-state index in [-0.39, 0.29) is 24.9 Å². The molecule has 0 spiro atoms. The summed E-state index contributed by atoms with van der Waals surface area (Å²) in [6, 6.07) is -0.707. The van der Waals surface area contributed by atoms with Crippen LogP contribution in [0.25, 0.3) is 0 Å². The Labute approximate surface area is 424 Å². The third-order valence-corrected chi connectivity index (χ3v) is 13.9. The zero-order chi connectivity index (χ0) is 49.5. The fourth-order valence-electron chi connectivity index (χ4n) is 9.34. The van der Waals surface area contributed by atoms with Crippen LogP contribution >= 0.6 is 0 Å². The summed E-state index contributed by atoms with van der Waals surface area (Å²) in [6.45, 7) is 6.49. The minimum atomic E-state index is -0.793. The fourth-order valence-corrected chi connectivity index (χ4v) is 9.34. The Morgan fingerprint density at radius 3 is 1.16 bits per heavy atom. The molecule has 0 radical (unpaired) electrons. The number of rotatable bonds is 55. The molecular weight excluding hydrogens is 839 g/mol. The monoisotopic (exact) mass is 956 g/mol. The van der Waals surface area contributed by atoms with E-state index in [4.69, 9.17) is 4.74 Å². The number of esters is 1. The van der Waals surface area contributed by atoms with E-state index < -0.39 is 18.2 Å². The molecule has 0 aliphatic rings. The fraction of sp³-hybridized carbons (Fsp3) is 0.871. The van der Waals surface area contributed by atoms with Gasteiger partial charge in [-0.1, -0.05) is 263 Å². The first kappa shape index (κ1) is 66.1. The topological polar surface area (TPSA) is 95.9 Å². The van der Waals surface area contributed by atoms with Crippen molar-refractivity contribution in [3.8, 4) is 0 Å². The molecule has 6 nitrogen and oxygen atoms in total. The summed E-state index contributed by atoms with van der Waals surface area (Å²) in [5, 5.41) is 23.9. The molecule has 6 heteroatoms. The molecule has 1 amide bonds. The summed E-state index contributed by atoms with van der Waals surface area (Å²) in [5.41, 5.74) is 0. The molecule has 0 fully saturated rings. The Kier molecular flexibility index (Phi) is 54.4. The maximum atomic E-state index is 13.3. The van der Waals surface area contributed by atoms with Gasteiger partial charge in [-0.15, -0.1) is 0 Å². The summed E-state index contributed by atoms with van der Waals surface area (Å²) >= 11 is 0. The number of carbonyl (C=O) groups excluding carboxylic acids is 2. The Balaban J connectivity index is 4.54. The highest BCUT2D eigenvalue weighted by Crippen LogP contribution is 2.19. The summed E-state index contributed by atoms with van der Waals surface area (Å²) < 4.78 is 5.96. The highest BCUT2D eigenvalue weighted by molar-refractivity contribution is 5.77. The normalized spacial score (nSPS) is 13.3. The minimum Gasteiger partial charge on any atom is -0.462 e. The van der Waals surface area contributed by atoms with Gasteiger partial charge in [-0.05, 0) is 83.5 Å². The van der Waals surface area contributed by atoms with Crippen LogP contribution in [0.15, 0.2) is 36.5 Å². The van der Waals surface area contributed by atoms with Gasteiger partial charge in [0.05, 0.1) is 25.2 Å². The van der Waals surface area contributed by atoms with Gasteiger partial charge in [-0.2, -0.15) is 0 Å². The van der Waals surface area contributed by atoms with Crippen LogP contribution in [0, 0.1) is 0 Å². The molecular formula is C62H117NO5. The van der Waals surface area contributed by atoms with Crippen LogP contribution in [-0.2, 0) is 14.3 Å². The van der Waals surface area contributed by atoms with Crippen LogP contribution < -0.4 is 5.32 Å². The van der Waals surface area contributed by atoms with Gasteiger partial charge in [0.2, 0.25) is 5.91 Å². The molecule has 0 saturated carbocycles. The molecule has 0 rings (SSSR count). The van der Waals surface area contributed by atoms with E-state index in [1.165, 1.54) is 205 Å². The van der Waals surface area contributed by atoms with Gasteiger partial charge in [0.25, 0.3) is 0 Å². The van der Waals surface area contributed by atoms with Crippen molar-refractivity contribution in [1.82, 2.24) is 5.32 Å². The van der Waals surface area contributed by atoms with Gasteiger partial charge in [-0.3, -0.25) is 9.59 Å². The molecule has 0 aliphatic carbocycles. The summed E-state index contributed by atoms with van der Waals surface area (Å²) in [6.07, 6.45) is 67.8. The number of aliphatic hydroxyl groups is 2. The SMILES string of the molecule is CCCCC/C=C\C/C=C\CCCCCCCC(CC(=O)NC(CO)C(O)CCCCCCCCCCCCCCCCCC)OC(=O)CCCCCCC/C=C/CCCCCCCCCCC. The van der Waals surface area contributed by atoms with E-state index >= 15 is 0 Å². The number of hydrogen-bond acceptors (Lipinski definition) is 5. The van der Waals surface area contributed by atoms with Crippen LogP contribution in [0.4, 0.5) is 0 Å². The molecule has 68 heavy (non-hydrogen) atoms. The first-order valence-electron chi connectivity index (χ1n) is 30.2. The van der Waals surface area contributed by atoms with Crippen LogP contribution in [-0.4, -0.2) is 46.9 Å². The van der Waals surface area contributed by atoms with E-state index in [0.717, 1.165) is 70.6 Å². The number of aliphatic hydroxyl groups excluding tert-OH is 2. The van der Waals surface area contributed by atoms with Crippen molar-refractivity contribution in [1.29, 1.82) is 0 Å². The lowest BCUT2D eigenvalue weighted by atomic mass is 10.0. The van der Waals surface area contributed by atoms with Crippen LogP contribution in [0.2, 0.25) is 0 Å². The second-order valence-corrected chi connectivity index (χ2v) is 20.7. The van der Waals surface area contributed by atoms with E-state index in [1.54, 1.807) is 0 Å². The third kappa shape index (κ3) is 50.5. The van der Waals surface area contributed by atoms with Crippen LogP contribution in [0.1, 0.15) is 323 Å². The predicted octanol–water partition coefficient (Wildman–Crippen LogP) is 18.8. The van der Waals surface area contributed by atoms with E-state index in [1.807, 2.05) is 0 Å². The maximum Gasteiger partial charge on any atom is 0.306 e. The van der Waals surface area contributed by atoms with Crippen molar-refractivity contribution in [3.63, 3.8) is 0 Å². The zero-order valence-corrected chi connectivity index (χ0v) is 45.8. The van der Waals surface area contributed by atoms with Gasteiger partial charge in [0.1, 0.15) is 6.10 Å². The number of hydrogen-bond donors (Lipinski definition) is 3. The number of amides is 1. The van der Waals surface area contributed by atoms with Gasteiger partial charge < -0.3 is 20.3 Å². The van der Waals surface area contributed by atoms with Crippen molar-refractivity contribution < 1.29 is 24.5 Å². The molecule has 0 aromatic heterocycles. The van der Waals surface area contributed by atoms with Crippen molar-refractivity contribution in [2.75, 3.05) is 6.61 Å². The maximum absolute atomic E-state index is 13.3. The van der Waals surface area contributed by atoms with Crippen molar-refractivity contribution in [2.24, 2.45) is 0 Å². The molecule has 400 valence electrons. The number of nitrogens with one attached hydrogen (secondary N) is 1. The molecule has 0 aliphatic heterocycles. The van der Waals surface area contributed by atoms with Crippen molar-refractivity contribution in [3.05, 3.63) is 36.5 Å². The Morgan fingerprint density at radius 2 is 0.750 bits per heavy atom. The van der Waals surface area contributed by atoms with Gasteiger partial charge >= 0.3 is 5.97 Å². The molecule has 0 heterocycles. The average Bonchev–Trinajstić information content (AvgIpc) is 3.33. The van der Waals surface area contributed by atoms with Gasteiger partial charge in [0.15, 0.2) is 0 Å². The van der Waals surface area contributed by atoms with Crippen LogP contribution in [0.5, 0.6) is 0 Å². The predicted molar refractivity (Wildman–Crippen MR) is 296 cm³/mol. The molecule has 3 unspecified atom stereocenters. The smallest absolute Gasteiger partial charge is 0.306 e. The lowest BCUT2D eigenvalue weighted by molar-refractivity contribution is -0.151. The molecule has 3 atom stereocenters. The van der Waals surface area contributed by atoms with Crippen LogP contribution in [0.3, 0.4) is 0 Å². The summed E-state index contributed by atoms with van der Waals surface area (Å²) in [4.78, 5) is 26.3. The molecule has 0 aromatic carbocycles. The van der Waals surface area contributed by atoms with Gasteiger partial charge in [-0.25, -0.2) is 0 Å². The van der Waals surface area contributed by atoms with E-state index in [9.17, 15) is 19.8 Å². The van der Waals surface area contributed by atoms with Gasteiger partial charge in [0, 0.05) is 6.42 Å². The standard InChI is InChI=1S/C62H117NO5/c1-4-7-10-13-16-19-22-25-28-30-31-34-37-40-43-46-49-52-55-62(67)68-58(53-50-47-44-41-38-35-32-27-24-21-18-15-12-9-6-3)56-61(66)63-59(57-64)60(65)54-51-48-45-42-39-36-33-29-26-23-20-17-14-11-8-5-2/h18,21,27,31-32,34,58-60,64-65H,4-17,19-20,22-26,28-30,33,35-57H2,1-3H3,(H,63,66)/b21-18-,32-27-,34-31+. The highest BCUT2D eigenvalue weighted by Gasteiger charge is 2.24. The number of ether oxygens (including phenoxy) is 1. The van der Waals surface area contributed by atoms with Crippen molar-refractivity contribution >= 4 is 11.9 Å². The Morgan fingerprint density at radius 1 is 0.426 bits per heavy atom. The number of carbonyl (C=O) groups is 2. The van der Waals surface area contributed by atoms with E-state index in [2.05, 4.69) is 62.5 Å². The van der Waals surface area contributed by atoms with E-state index in [0.29, 0.717) is 19.3 Å². The van der Waals surface area contributed by atoms with Crippen molar-refractivity contribution in [2.45, 2.75) is 341 Å². The molecule has 0 saturated heterocycles. The highest BCUT2D eigenvalue weighted by atomic mass is 16.5. The zero-order valence-electron chi connectivity index (χ0n) is 45.8. The Hall–Kier alpha value is -1.92. The number of allylic oxidation sites excluding steroid dienone is 6. The summed E-state index contributed by atoms with van der Waals surface area (Å²) in [5.74, 6) is -0.482. The minimum absolute atomic E-state index is 0.0680. The third-order valence-electron chi connectivity index (χ3n) is 13.9.